The lowest BCUT2D eigenvalue weighted by molar-refractivity contribution is -0.156. The number of hydrogen-bond acceptors (Lipinski definition) is 2. The summed E-state index contributed by atoms with van der Waals surface area (Å²) in [6, 6.07) is 0. The van der Waals surface area contributed by atoms with Crippen LogP contribution in [0.15, 0.2) is 0 Å². The number of carboxylic acid groups (broad SMARTS) is 1. The number of hydrogen-bond donors (Lipinski definition) is 2. The Kier molecular flexibility index (Phi) is 2.79. The molecule has 0 aromatic heterocycles. The SMILES string of the molecule is CC(F)(F)CC(O)(Cl)C(=O)O. The van der Waals surface area contributed by atoms with Crippen molar-refractivity contribution in [1.29, 1.82) is 0 Å². The maximum Gasteiger partial charge on any atom is 0.351 e. The second-order valence-corrected chi connectivity index (χ2v) is 2.94. The summed E-state index contributed by atoms with van der Waals surface area (Å²) >= 11 is 4.83. The Morgan fingerprint density at radius 3 is 2.09 bits per heavy atom. The van der Waals surface area contributed by atoms with Crippen LogP contribution < -0.4 is 0 Å². The second-order valence-electron chi connectivity index (χ2n) is 2.31. The van der Waals surface area contributed by atoms with E-state index in [-0.39, 0.29) is 0 Å². The number of carbonyl (C=O) groups is 1. The summed E-state index contributed by atoms with van der Waals surface area (Å²) in [6.07, 6.45) is -1.31. The number of aliphatic hydroxyl groups is 1. The van der Waals surface area contributed by atoms with Crippen molar-refractivity contribution >= 4 is 17.6 Å². The van der Waals surface area contributed by atoms with Gasteiger partial charge in [0.25, 0.3) is 0 Å². The molecule has 0 rings (SSSR count). The summed E-state index contributed by atoms with van der Waals surface area (Å²) < 4.78 is 24.1. The Hall–Kier alpha value is -0.420. The highest BCUT2D eigenvalue weighted by Crippen LogP contribution is 2.28. The van der Waals surface area contributed by atoms with E-state index in [0.29, 0.717) is 6.92 Å². The highest BCUT2D eigenvalue weighted by atomic mass is 35.5. The molecule has 11 heavy (non-hydrogen) atoms. The molecule has 3 nitrogen and oxygen atoms in total. The van der Waals surface area contributed by atoms with Gasteiger partial charge in [0, 0.05) is 0 Å². The van der Waals surface area contributed by atoms with E-state index in [1.165, 1.54) is 0 Å². The van der Waals surface area contributed by atoms with Crippen LogP contribution in [0.2, 0.25) is 0 Å². The zero-order chi connectivity index (χ0) is 9.28. The highest BCUT2D eigenvalue weighted by molar-refractivity contribution is 6.32. The Labute approximate surface area is 66.6 Å². The molecule has 0 aliphatic rings. The summed E-state index contributed by atoms with van der Waals surface area (Å²) in [6.45, 7) is 0.475. The molecule has 0 saturated carbocycles. The first-order valence-electron chi connectivity index (χ1n) is 2.68. The summed E-state index contributed by atoms with van der Waals surface area (Å²) in [5.74, 6) is -5.17. The van der Waals surface area contributed by atoms with Crippen LogP contribution in [-0.4, -0.2) is 27.2 Å². The fourth-order valence-corrected chi connectivity index (χ4v) is 0.722. The van der Waals surface area contributed by atoms with Crippen LogP contribution in [0, 0.1) is 0 Å². The van der Waals surface area contributed by atoms with E-state index in [1.807, 2.05) is 0 Å². The monoisotopic (exact) mass is 188 g/mol. The minimum absolute atomic E-state index is 0.475. The van der Waals surface area contributed by atoms with E-state index in [2.05, 4.69) is 0 Å². The Balaban J connectivity index is 4.25. The first-order valence-corrected chi connectivity index (χ1v) is 3.05. The van der Waals surface area contributed by atoms with Gasteiger partial charge in [-0.1, -0.05) is 11.6 Å². The third-order valence-corrected chi connectivity index (χ3v) is 1.17. The molecule has 1 atom stereocenters. The number of alkyl halides is 3. The van der Waals surface area contributed by atoms with E-state index in [9.17, 15) is 13.6 Å². The predicted octanol–water partition coefficient (Wildman–Crippen LogP) is 1.04. The van der Waals surface area contributed by atoms with Gasteiger partial charge in [0.2, 0.25) is 11.0 Å². The van der Waals surface area contributed by atoms with Crippen LogP contribution in [0.3, 0.4) is 0 Å². The van der Waals surface area contributed by atoms with Crippen molar-refractivity contribution in [2.24, 2.45) is 0 Å². The van der Waals surface area contributed by atoms with Gasteiger partial charge in [0.05, 0.1) is 6.42 Å². The van der Waals surface area contributed by atoms with Gasteiger partial charge in [-0.05, 0) is 6.92 Å². The number of aliphatic carboxylic acids is 1. The minimum atomic E-state index is -3.30. The third-order valence-electron chi connectivity index (χ3n) is 0.872. The molecule has 0 aromatic carbocycles. The number of carboxylic acids is 1. The Morgan fingerprint density at radius 2 is 2.00 bits per heavy atom. The number of halogens is 3. The lowest BCUT2D eigenvalue weighted by Gasteiger charge is -2.19. The molecule has 66 valence electrons. The third kappa shape index (κ3) is 4.10. The average molecular weight is 189 g/mol. The molecule has 0 aliphatic heterocycles. The second kappa shape index (κ2) is 2.91. The minimum Gasteiger partial charge on any atom is -0.478 e. The summed E-state index contributed by atoms with van der Waals surface area (Å²) in [5.41, 5.74) is 0. The van der Waals surface area contributed by atoms with Gasteiger partial charge in [-0.2, -0.15) is 0 Å². The van der Waals surface area contributed by atoms with Crippen LogP contribution in [0.25, 0.3) is 0 Å². The fourth-order valence-electron chi connectivity index (χ4n) is 0.487. The predicted molar refractivity (Wildman–Crippen MR) is 33.7 cm³/mol. The summed E-state index contributed by atoms with van der Waals surface area (Å²) in [4.78, 5) is 9.98. The first-order chi connectivity index (χ1) is 4.65. The molecule has 0 fully saturated rings. The molecule has 0 radical (unpaired) electrons. The first kappa shape index (κ1) is 10.6. The van der Waals surface area contributed by atoms with Crippen LogP contribution in [0.1, 0.15) is 13.3 Å². The van der Waals surface area contributed by atoms with E-state index in [0.717, 1.165) is 0 Å². The highest BCUT2D eigenvalue weighted by Gasteiger charge is 2.42. The van der Waals surface area contributed by atoms with Crippen molar-refractivity contribution in [2.75, 3.05) is 0 Å². The molecule has 6 heteroatoms. The lowest BCUT2D eigenvalue weighted by atomic mass is 10.1. The zero-order valence-electron chi connectivity index (χ0n) is 5.64. The lowest BCUT2D eigenvalue weighted by Crippen LogP contribution is -2.37. The van der Waals surface area contributed by atoms with Crippen LogP contribution in [0.5, 0.6) is 0 Å². The van der Waals surface area contributed by atoms with Crippen LogP contribution in [-0.2, 0) is 4.79 Å². The van der Waals surface area contributed by atoms with Crippen molar-refractivity contribution in [1.82, 2.24) is 0 Å². The van der Waals surface area contributed by atoms with Gasteiger partial charge in [0.15, 0.2) is 0 Å². The van der Waals surface area contributed by atoms with Crippen molar-refractivity contribution in [2.45, 2.75) is 24.3 Å². The Morgan fingerprint density at radius 1 is 1.64 bits per heavy atom. The maximum atomic E-state index is 12.1. The molecule has 0 aromatic rings. The van der Waals surface area contributed by atoms with Gasteiger partial charge in [0.1, 0.15) is 0 Å². The van der Waals surface area contributed by atoms with E-state index in [1.54, 1.807) is 0 Å². The molecule has 0 bridgehead atoms. The molecule has 0 spiro atoms. The van der Waals surface area contributed by atoms with Gasteiger partial charge >= 0.3 is 5.97 Å². The molecule has 2 N–H and O–H groups in total. The van der Waals surface area contributed by atoms with Gasteiger partial charge in [-0.25, -0.2) is 13.6 Å². The summed E-state index contributed by atoms with van der Waals surface area (Å²) in [7, 11) is 0. The standard InChI is InChI=1S/C5H7ClF2O3/c1-4(7,8)2-5(6,11)3(9)10/h11H,2H2,1H3,(H,9,10). The number of rotatable bonds is 3. The topological polar surface area (TPSA) is 57.5 Å². The van der Waals surface area contributed by atoms with Gasteiger partial charge in [-0.3, -0.25) is 0 Å². The van der Waals surface area contributed by atoms with Crippen LogP contribution in [0.4, 0.5) is 8.78 Å². The molecule has 1 unspecified atom stereocenters. The van der Waals surface area contributed by atoms with Crippen molar-refractivity contribution in [3.05, 3.63) is 0 Å². The quantitative estimate of drug-likeness (QED) is 0.651. The van der Waals surface area contributed by atoms with Crippen molar-refractivity contribution < 1.29 is 23.8 Å². The van der Waals surface area contributed by atoms with Gasteiger partial charge in [-0.15, -0.1) is 0 Å². The zero-order valence-corrected chi connectivity index (χ0v) is 6.40. The maximum absolute atomic E-state index is 12.1. The molecule has 0 aliphatic carbocycles. The fraction of sp³-hybridized carbons (Fsp3) is 0.800. The van der Waals surface area contributed by atoms with Crippen LogP contribution >= 0.6 is 11.6 Å². The molecular formula is C5H7ClF2O3. The van der Waals surface area contributed by atoms with E-state index >= 15 is 0 Å². The largest absolute Gasteiger partial charge is 0.478 e. The normalized spacial score (nSPS) is 17.5. The van der Waals surface area contributed by atoms with Crippen molar-refractivity contribution in [3.63, 3.8) is 0 Å². The van der Waals surface area contributed by atoms with Gasteiger partial charge < -0.3 is 10.2 Å². The molecule has 0 heterocycles. The van der Waals surface area contributed by atoms with Crippen molar-refractivity contribution in [3.8, 4) is 0 Å². The van der Waals surface area contributed by atoms with E-state index < -0.39 is 23.4 Å². The smallest absolute Gasteiger partial charge is 0.351 e. The Bertz CT molecular complexity index is 164. The molecule has 0 amide bonds. The van der Waals surface area contributed by atoms with E-state index in [4.69, 9.17) is 21.8 Å². The average Bonchev–Trinajstić information content (AvgIpc) is 1.56. The summed E-state index contributed by atoms with van der Waals surface area (Å²) in [5, 5.41) is 13.8. The molecular weight excluding hydrogens is 182 g/mol. The molecule has 0 saturated heterocycles.